The summed E-state index contributed by atoms with van der Waals surface area (Å²) in [7, 11) is 4.83. The maximum absolute atomic E-state index is 12.3. The predicted octanol–water partition coefficient (Wildman–Crippen LogP) is 3.13. The normalized spacial score (nSPS) is 11.5. The quantitative estimate of drug-likeness (QED) is 0.848. The predicted molar refractivity (Wildman–Crippen MR) is 92.8 cm³/mol. The van der Waals surface area contributed by atoms with E-state index in [-0.39, 0.29) is 11.9 Å². The van der Waals surface area contributed by atoms with E-state index < -0.39 is 0 Å². The number of rotatable bonds is 7. The van der Waals surface area contributed by atoms with E-state index in [1.165, 1.54) is 0 Å². The van der Waals surface area contributed by atoms with Gasteiger partial charge in [0.15, 0.2) is 0 Å². The molecular weight excluding hydrogens is 306 g/mol. The lowest BCUT2D eigenvalue weighted by molar-refractivity contribution is -0.121. The highest BCUT2D eigenvalue weighted by atomic mass is 16.5. The molecule has 0 heterocycles. The zero-order valence-corrected chi connectivity index (χ0v) is 14.5. The first kappa shape index (κ1) is 17.7. The van der Waals surface area contributed by atoms with Crippen LogP contribution < -0.4 is 19.5 Å². The van der Waals surface area contributed by atoms with Crippen LogP contribution in [0.2, 0.25) is 0 Å². The lowest BCUT2D eigenvalue weighted by Gasteiger charge is -2.18. The number of carbonyl (C=O) groups is 1. The van der Waals surface area contributed by atoms with Gasteiger partial charge >= 0.3 is 0 Å². The lowest BCUT2D eigenvalue weighted by atomic mass is 10.1. The molecule has 0 aliphatic rings. The third-order valence-electron chi connectivity index (χ3n) is 3.80. The maximum Gasteiger partial charge on any atom is 0.224 e. The van der Waals surface area contributed by atoms with Crippen LogP contribution in [0.5, 0.6) is 17.2 Å². The molecule has 2 rings (SSSR count). The van der Waals surface area contributed by atoms with Gasteiger partial charge in [-0.2, -0.15) is 0 Å². The molecule has 5 nitrogen and oxygen atoms in total. The number of methoxy groups -OCH3 is 3. The lowest BCUT2D eigenvalue weighted by Crippen LogP contribution is -2.28. The van der Waals surface area contributed by atoms with Gasteiger partial charge in [0.05, 0.1) is 33.8 Å². The van der Waals surface area contributed by atoms with Crippen LogP contribution in [0.4, 0.5) is 0 Å². The summed E-state index contributed by atoms with van der Waals surface area (Å²) in [4.78, 5) is 12.3. The van der Waals surface area contributed by atoms with Crippen LogP contribution in [0.25, 0.3) is 0 Å². The monoisotopic (exact) mass is 329 g/mol. The Morgan fingerprint density at radius 3 is 2.17 bits per heavy atom. The molecule has 1 amide bonds. The zero-order chi connectivity index (χ0) is 17.5. The number of ether oxygens (including phenoxy) is 3. The number of nitrogens with one attached hydrogen (secondary N) is 1. The molecule has 0 saturated carbocycles. The standard InChI is InChI=1S/C19H23NO4/c1-13(17-12-16(23-3)9-10-18(17)24-4)20-19(21)11-14-5-7-15(22-2)8-6-14/h5-10,12-13H,11H2,1-4H3,(H,20,21)/t13-/m1/s1. The van der Waals surface area contributed by atoms with E-state index in [9.17, 15) is 4.79 Å². The van der Waals surface area contributed by atoms with Crippen molar-refractivity contribution in [1.29, 1.82) is 0 Å². The second-order valence-electron chi connectivity index (χ2n) is 5.42. The van der Waals surface area contributed by atoms with Gasteiger partial charge in [-0.15, -0.1) is 0 Å². The summed E-state index contributed by atoms with van der Waals surface area (Å²) < 4.78 is 15.7. The molecule has 0 aromatic heterocycles. The third-order valence-corrected chi connectivity index (χ3v) is 3.80. The van der Waals surface area contributed by atoms with E-state index in [4.69, 9.17) is 14.2 Å². The molecule has 0 radical (unpaired) electrons. The molecule has 0 aliphatic heterocycles. The Bertz CT molecular complexity index is 682. The topological polar surface area (TPSA) is 56.8 Å². The number of amides is 1. The maximum atomic E-state index is 12.3. The van der Waals surface area contributed by atoms with Crippen molar-refractivity contribution in [1.82, 2.24) is 5.32 Å². The van der Waals surface area contributed by atoms with Crippen molar-refractivity contribution in [2.75, 3.05) is 21.3 Å². The Balaban J connectivity index is 2.05. The van der Waals surface area contributed by atoms with Gasteiger partial charge in [-0.25, -0.2) is 0 Å². The average molecular weight is 329 g/mol. The molecule has 2 aromatic rings. The fourth-order valence-corrected chi connectivity index (χ4v) is 2.48. The van der Waals surface area contributed by atoms with Gasteiger partial charge in [0, 0.05) is 5.56 Å². The van der Waals surface area contributed by atoms with Crippen LogP contribution in [0.1, 0.15) is 24.1 Å². The summed E-state index contributed by atoms with van der Waals surface area (Å²) in [6.07, 6.45) is 0.306. The number of benzene rings is 2. The fraction of sp³-hybridized carbons (Fsp3) is 0.316. The molecule has 0 unspecified atom stereocenters. The molecule has 0 saturated heterocycles. The molecule has 5 heteroatoms. The summed E-state index contributed by atoms with van der Waals surface area (Å²) in [5.41, 5.74) is 1.80. The minimum atomic E-state index is -0.194. The minimum Gasteiger partial charge on any atom is -0.497 e. The Hall–Kier alpha value is -2.69. The SMILES string of the molecule is COc1ccc(CC(=O)N[C@H](C)c2cc(OC)ccc2OC)cc1. The molecule has 0 fully saturated rings. The molecule has 0 bridgehead atoms. The van der Waals surface area contributed by atoms with Crippen molar-refractivity contribution in [2.24, 2.45) is 0 Å². The van der Waals surface area contributed by atoms with Crippen molar-refractivity contribution >= 4 is 5.91 Å². The summed E-state index contributed by atoms with van der Waals surface area (Å²) >= 11 is 0. The van der Waals surface area contributed by atoms with Gasteiger partial charge < -0.3 is 19.5 Å². The van der Waals surface area contributed by atoms with E-state index in [1.807, 2.05) is 49.4 Å². The summed E-state index contributed by atoms with van der Waals surface area (Å²) in [5.74, 6) is 2.15. The van der Waals surface area contributed by atoms with Crippen LogP contribution in [0.3, 0.4) is 0 Å². The second-order valence-corrected chi connectivity index (χ2v) is 5.42. The molecule has 128 valence electrons. The number of hydrogen-bond acceptors (Lipinski definition) is 4. The van der Waals surface area contributed by atoms with E-state index in [0.29, 0.717) is 12.2 Å². The number of hydrogen-bond donors (Lipinski definition) is 1. The number of carbonyl (C=O) groups excluding carboxylic acids is 1. The first-order chi connectivity index (χ1) is 11.6. The van der Waals surface area contributed by atoms with Gasteiger partial charge in [0.25, 0.3) is 0 Å². The third kappa shape index (κ3) is 4.41. The highest BCUT2D eigenvalue weighted by Gasteiger charge is 2.15. The second kappa shape index (κ2) is 8.24. The Morgan fingerprint density at radius 2 is 1.58 bits per heavy atom. The fourth-order valence-electron chi connectivity index (χ4n) is 2.48. The Kier molecular flexibility index (Phi) is 6.07. The van der Waals surface area contributed by atoms with Gasteiger partial charge in [-0.3, -0.25) is 4.79 Å². The van der Waals surface area contributed by atoms with Crippen molar-refractivity contribution in [3.05, 3.63) is 53.6 Å². The summed E-state index contributed by atoms with van der Waals surface area (Å²) in [6, 6.07) is 12.8. The molecule has 1 atom stereocenters. The molecule has 0 aliphatic carbocycles. The highest BCUT2D eigenvalue weighted by Crippen LogP contribution is 2.29. The summed E-state index contributed by atoms with van der Waals surface area (Å²) in [6.45, 7) is 1.92. The summed E-state index contributed by atoms with van der Waals surface area (Å²) in [5, 5.41) is 2.99. The van der Waals surface area contributed by atoms with Crippen molar-refractivity contribution in [3.8, 4) is 17.2 Å². The van der Waals surface area contributed by atoms with Gasteiger partial charge in [0.1, 0.15) is 17.2 Å². The van der Waals surface area contributed by atoms with E-state index >= 15 is 0 Å². The Labute approximate surface area is 142 Å². The highest BCUT2D eigenvalue weighted by molar-refractivity contribution is 5.79. The van der Waals surface area contributed by atoms with Gasteiger partial charge in [-0.1, -0.05) is 12.1 Å². The molecular formula is C19H23NO4. The van der Waals surface area contributed by atoms with Crippen molar-refractivity contribution in [2.45, 2.75) is 19.4 Å². The van der Waals surface area contributed by atoms with Gasteiger partial charge in [-0.05, 0) is 42.8 Å². The van der Waals surface area contributed by atoms with Crippen LogP contribution >= 0.6 is 0 Å². The first-order valence-electron chi connectivity index (χ1n) is 7.71. The van der Waals surface area contributed by atoms with E-state index in [0.717, 1.165) is 22.6 Å². The average Bonchev–Trinajstić information content (AvgIpc) is 2.61. The van der Waals surface area contributed by atoms with Gasteiger partial charge in [0.2, 0.25) is 5.91 Å². The van der Waals surface area contributed by atoms with Crippen molar-refractivity contribution in [3.63, 3.8) is 0 Å². The largest absolute Gasteiger partial charge is 0.497 e. The van der Waals surface area contributed by atoms with Crippen LogP contribution in [0.15, 0.2) is 42.5 Å². The smallest absolute Gasteiger partial charge is 0.224 e. The molecule has 2 aromatic carbocycles. The zero-order valence-electron chi connectivity index (χ0n) is 14.5. The molecule has 24 heavy (non-hydrogen) atoms. The van der Waals surface area contributed by atoms with Crippen molar-refractivity contribution < 1.29 is 19.0 Å². The van der Waals surface area contributed by atoms with Crippen LogP contribution in [-0.4, -0.2) is 27.2 Å². The molecule has 0 spiro atoms. The molecule has 1 N–H and O–H groups in total. The van der Waals surface area contributed by atoms with E-state index in [1.54, 1.807) is 21.3 Å². The Morgan fingerprint density at radius 1 is 0.958 bits per heavy atom. The van der Waals surface area contributed by atoms with E-state index in [2.05, 4.69) is 5.32 Å². The first-order valence-corrected chi connectivity index (χ1v) is 7.71. The van der Waals surface area contributed by atoms with Crippen LogP contribution in [-0.2, 0) is 11.2 Å². The van der Waals surface area contributed by atoms with Crippen LogP contribution in [0, 0.1) is 0 Å². The minimum absolute atomic E-state index is 0.0578.